The molecule has 0 atom stereocenters. The van der Waals surface area contributed by atoms with Gasteiger partial charge in [-0.3, -0.25) is 4.98 Å². The molecule has 0 unspecified atom stereocenters. The van der Waals surface area contributed by atoms with Crippen LogP contribution in [0.1, 0.15) is 0 Å². The quantitative estimate of drug-likeness (QED) is 0.571. The van der Waals surface area contributed by atoms with Gasteiger partial charge in [-0.15, -0.1) is 5.10 Å². The number of benzene rings is 1. The molecule has 1 aromatic carbocycles. The Bertz CT molecular complexity index is 926. The summed E-state index contributed by atoms with van der Waals surface area (Å²) in [5.41, 5.74) is 9.39. The van der Waals surface area contributed by atoms with E-state index in [1.807, 2.05) is 42.7 Å². The van der Waals surface area contributed by atoms with E-state index in [-0.39, 0.29) is 5.95 Å². The van der Waals surface area contributed by atoms with E-state index < -0.39 is 0 Å². The summed E-state index contributed by atoms with van der Waals surface area (Å²) in [5.74, 6) is 0.277. The maximum atomic E-state index is 5.60. The second-order valence-corrected chi connectivity index (χ2v) is 4.61. The van der Waals surface area contributed by atoms with E-state index in [0.29, 0.717) is 0 Å². The lowest BCUT2D eigenvalue weighted by Crippen LogP contribution is -1.90. The third-order valence-corrected chi connectivity index (χ3v) is 3.27. The van der Waals surface area contributed by atoms with Crippen LogP contribution in [0.15, 0.2) is 54.9 Å². The minimum absolute atomic E-state index is 0.277. The maximum Gasteiger partial charge on any atom is 0.240 e. The summed E-state index contributed by atoms with van der Waals surface area (Å²) in [5, 5.41) is 5.24. The van der Waals surface area contributed by atoms with Gasteiger partial charge in [0.1, 0.15) is 0 Å². The molecule has 4 rings (SSSR count). The van der Waals surface area contributed by atoms with Crippen molar-refractivity contribution in [1.82, 2.24) is 19.6 Å². The molecule has 0 radical (unpaired) electrons. The van der Waals surface area contributed by atoms with Gasteiger partial charge in [0.05, 0.1) is 5.52 Å². The first-order valence-corrected chi connectivity index (χ1v) is 6.27. The molecule has 3 aromatic heterocycles. The van der Waals surface area contributed by atoms with Crippen LogP contribution in [0, 0.1) is 0 Å². The minimum atomic E-state index is 0.277. The van der Waals surface area contributed by atoms with Gasteiger partial charge in [-0.1, -0.05) is 18.2 Å². The summed E-state index contributed by atoms with van der Waals surface area (Å²) in [6, 6.07) is 14.1. The summed E-state index contributed by atoms with van der Waals surface area (Å²) >= 11 is 0. The monoisotopic (exact) mass is 261 g/mol. The van der Waals surface area contributed by atoms with E-state index in [0.717, 1.165) is 27.7 Å². The van der Waals surface area contributed by atoms with Gasteiger partial charge in [0, 0.05) is 28.9 Å². The number of rotatable bonds is 1. The van der Waals surface area contributed by atoms with E-state index >= 15 is 0 Å². The molecule has 0 saturated carbocycles. The molecule has 0 amide bonds. The lowest BCUT2D eigenvalue weighted by molar-refractivity contribution is 0.969. The van der Waals surface area contributed by atoms with Crippen molar-refractivity contribution in [3.8, 4) is 11.1 Å². The largest absolute Gasteiger partial charge is 0.366 e. The Labute approximate surface area is 114 Å². The van der Waals surface area contributed by atoms with E-state index in [2.05, 4.69) is 27.2 Å². The molecule has 4 aromatic rings. The molecule has 0 spiro atoms. The molecule has 0 fully saturated rings. The highest BCUT2D eigenvalue weighted by Gasteiger charge is 2.04. The van der Waals surface area contributed by atoms with Crippen molar-refractivity contribution in [3.63, 3.8) is 0 Å². The zero-order valence-corrected chi connectivity index (χ0v) is 10.6. The fourth-order valence-corrected chi connectivity index (χ4v) is 2.30. The van der Waals surface area contributed by atoms with Gasteiger partial charge in [0.15, 0.2) is 5.65 Å². The van der Waals surface area contributed by atoms with Crippen LogP contribution < -0.4 is 5.73 Å². The highest BCUT2D eigenvalue weighted by Crippen LogP contribution is 2.22. The number of nitrogen functional groups attached to an aromatic ring is 1. The molecule has 20 heavy (non-hydrogen) atoms. The van der Waals surface area contributed by atoms with Gasteiger partial charge < -0.3 is 5.73 Å². The van der Waals surface area contributed by atoms with Crippen LogP contribution in [0.5, 0.6) is 0 Å². The standard InChI is InChI=1S/C15H11N5/c16-15-18-14-6-5-11(9-20(14)19-15)12-7-10-3-1-2-4-13(10)17-8-12/h1-9H,(H2,16,19). The SMILES string of the molecule is Nc1nc2ccc(-c3cnc4ccccc4c3)cn2n1. The number of hydrogen-bond donors (Lipinski definition) is 1. The van der Waals surface area contributed by atoms with Crippen molar-refractivity contribution in [2.45, 2.75) is 0 Å². The Balaban J connectivity index is 1.90. The Morgan fingerprint density at radius 1 is 1.00 bits per heavy atom. The van der Waals surface area contributed by atoms with E-state index in [4.69, 9.17) is 5.73 Å². The molecular formula is C15H11N5. The average Bonchev–Trinajstić information content (AvgIpc) is 2.85. The Kier molecular flexibility index (Phi) is 2.20. The number of aromatic nitrogens is 4. The molecular weight excluding hydrogens is 250 g/mol. The summed E-state index contributed by atoms with van der Waals surface area (Å²) in [4.78, 5) is 8.58. The third kappa shape index (κ3) is 1.68. The fraction of sp³-hybridized carbons (Fsp3) is 0. The van der Waals surface area contributed by atoms with Crippen molar-refractivity contribution in [2.24, 2.45) is 0 Å². The summed E-state index contributed by atoms with van der Waals surface area (Å²) in [6.45, 7) is 0. The second kappa shape index (κ2) is 4.03. The smallest absolute Gasteiger partial charge is 0.240 e. The van der Waals surface area contributed by atoms with Gasteiger partial charge in [-0.2, -0.15) is 4.98 Å². The van der Waals surface area contributed by atoms with Crippen molar-refractivity contribution >= 4 is 22.5 Å². The van der Waals surface area contributed by atoms with Crippen molar-refractivity contribution in [2.75, 3.05) is 5.73 Å². The predicted molar refractivity (Wildman–Crippen MR) is 78.1 cm³/mol. The van der Waals surface area contributed by atoms with Crippen LogP contribution in [0.25, 0.3) is 27.7 Å². The number of nitrogens with two attached hydrogens (primary N) is 1. The lowest BCUT2D eigenvalue weighted by atomic mass is 10.1. The molecule has 0 saturated heterocycles. The van der Waals surface area contributed by atoms with Gasteiger partial charge in [0.2, 0.25) is 5.95 Å². The minimum Gasteiger partial charge on any atom is -0.366 e. The first-order chi connectivity index (χ1) is 9.79. The molecule has 5 nitrogen and oxygen atoms in total. The van der Waals surface area contributed by atoms with Crippen LogP contribution in [-0.2, 0) is 0 Å². The molecule has 2 N–H and O–H groups in total. The zero-order chi connectivity index (χ0) is 13.5. The van der Waals surface area contributed by atoms with Crippen molar-refractivity contribution < 1.29 is 0 Å². The van der Waals surface area contributed by atoms with Crippen LogP contribution in [0.2, 0.25) is 0 Å². The summed E-state index contributed by atoms with van der Waals surface area (Å²) in [6.07, 6.45) is 3.77. The molecule has 0 bridgehead atoms. The second-order valence-electron chi connectivity index (χ2n) is 4.61. The predicted octanol–water partition coefficient (Wildman–Crippen LogP) is 2.53. The average molecular weight is 261 g/mol. The number of pyridine rings is 2. The normalized spacial score (nSPS) is 11.2. The number of hydrogen-bond acceptors (Lipinski definition) is 4. The Morgan fingerprint density at radius 2 is 1.90 bits per heavy atom. The topological polar surface area (TPSA) is 69.1 Å². The van der Waals surface area contributed by atoms with Gasteiger partial charge in [0.25, 0.3) is 0 Å². The zero-order valence-electron chi connectivity index (χ0n) is 10.6. The van der Waals surface area contributed by atoms with Gasteiger partial charge in [-0.05, 0) is 24.3 Å². The van der Waals surface area contributed by atoms with Gasteiger partial charge >= 0.3 is 0 Å². The first kappa shape index (κ1) is 10.9. The van der Waals surface area contributed by atoms with Crippen LogP contribution >= 0.6 is 0 Å². The van der Waals surface area contributed by atoms with Crippen LogP contribution in [0.3, 0.4) is 0 Å². The molecule has 0 aliphatic heterocycles. The highest BCUT2D eigenvalue weighted by molar-refractivity contribution is 5.83. The van der Waals surface area contributed by atoms with E-state index in [1.165, 1.54) is 0 Å². The molecule has 0 aliphatic carbocycles. The Hall–Kier alpha value is -2.95. The van der Waals surface area contributed by atoms with Gasteiger partial charge in [-0.25, -0.2) is 4.52 Å². The summed E-state index contributed by atoms with van der Waals surface area (Å²) < 4.78 is 1.68. The first-order valence-electron chi connectivity index (χ1n) is 6.27. The molecule has 96 valence electrons. The van der Waals surface area contributed by atoms with E-state index in [1.54, 1.807) is 4.52 Å². The lowest BCUT2D eigenvalue weighted by Gasteiger charge is -2.03. The summed E-state index contributed by atoms with van der Waals surface area (Å²) in [7, 11) is 0. The third-order valence-electron chi connectivity index (χ3n) is 3.27. The highest BCUT2D eigenvalue weighted by atomic mass is 15.3. The van der Waals surface area contributed by atoms with Crippen LogP contribution in [0.4, 0.5) is 5.95 Å². The number of fused-ring (bicyclic) bond motifs is 2. The van der Waals surface area contributed by atoms with Crippen molar-refractivity contribution in [1.29, 1.82) is 0 Å². The number of para-hydroxylation sites is 1. The Morgan fingerprint density at radius 3 is 2.85 bits per heavy atom. The number of anilines is 1. The number of nitrogens with zero attached hydrogens (tertiary/aromatic N) is 4. The van der Waals surface area contributed by atoms with Crippen molar-refractivity contribution in [3.05, 3.63) is 54.9 Å². The molecule has 3 heterocycles. The molecule has 0 aliphatic rings. The van der Waals surface area contributed by atoms with Crippen LogP contribution in [-0.4, -0.2) is 19.6 Å². The fourth-order valence-electron chi connectivity index (χ4n) is 2.30. The van der Waals surface area contributed by atoms with E-state index in [9.17, 15) is 0 Å². The molecule has 5 heteroatoms. The maximum absolute atomic E-state index is 5.60.